The number of aromatic nitrogens is 4. The van der Waals surface area contributed by atoms with Crippen molar-refractivity contribution in [1.82, 2.24) is 19.2 Å². The summed E-state index contributed by atoms with van der Waals surface area (Å²) in [5, 5.41) is 5.29. The van der Waals surface area contributed by atoms with Crippen molar-refractivity contribution in [3.05, 3.63) is 57.5 Å². The summed E-state index contributed by atoms with van der Waals surface area (Å²) in [4.78, 5) is 17.6. The van der Waals surface area contributed by atoms with E-state index in [9.17, 15) is 4.79 Å². The molecule has 0 amide bonds. The van der Waals surface area contributed by atoms with Gasteiger partial charge in [-0.05, 0) is 24.0 Å². The fraction of sp³-hybridized carbons (Fsp3) is 0.312. The van der Waals surface area contributed by atoms with Gasteiger partial charge in [0, 0.05) is 11.3 Å². The number of hydrogen-bond donors (Lipinski definition) is 0. The summed E-state index contributed by atoms with van der Waals surface area (Å²) in [5.41, 5.74) is 3.07. The van der Waals surface area contributed by atoms with Crippen LogP contribution in [0, 0.1) is 0 Å². The Morgan fingerprint density at radius 3 is 2.91 bits per heavy atom. The fourth-order valence-corrected chi connectivity index (χ4v) is 4.20. The number of thioether (sulfide) groups is 2. The van der Waals surface area contributed by atoms with E-state index in [1.54, 1.807) is 4.57 Å². The van der Waals surface area contributed by atoms with Crippen LogP contribution in [-0.4, -0.2) is 31.2 Å². The summed E-state index contributed by atoms with van der Waals surface area (Å²) >= 11 is 3.31. The maximum atomic E-state index is 13.0. The first kappa shape index (κ1) is 14.8. The van der Waals surface area contributed by atoms with Gasteiger partial charge in [-0.1, -0.05) is 42.1 Å². The second-order valence-corrected chi connectivity index (χ2v) is 7.29. The second kappa shape index (κ2) is 6.05. The maximum Gasteiger partial charge on any atom is 0.259 e. The summed E-state index contributed by atoms with van der Waals surface area (Å²) < 4.78 is 3.64. The molecule has 5 nitrogen and oxygen atoms in total. The van der Waals surface area contributed by atoms with Crippen LogP contribution in [-0.2, 0) is 18.7 Å². The highest BCUT2D eigenvalue weighted by atomic mass is 32.2. The summed E-state index contributed by atoms with van der Waals surface area (Å²) in [6.45, 7) is 0.521. The van der Waals surface area contributed by atoms with Crippen LogP contribution in [0.4, 0.5) is 0 Å². The topological polar surface area (TPSA) is 52.2 Å². The van der Waals surface area contributed by atoms with Gasteiger partial charge in [0.15, 0.2) is 0 Å². The third-order valence-electron chi connectivity index (χ3n) is 4.02. The first-order valence-corrected chi connectivity index (χ1v) is 9.83. The Balaban J connectivity index is 1.96. The lowest BCUT2D eigenvalue weighted by molar-refractivity contribution is 0.703. The van der Waals surface area contributed by atoms with E-state index in [0.29, 0.717) is 17.5 Å². The minimum Gasteiger partial charge on any atom is -0.272 e. The lowest BCUT2D eigenvalue weighted by atomic mass is 10.2. The zero-order valence-electron chi connectivity index (χ0n) is 12.7. The molecular weight excluding hydrogens is 328 g/mol. The largest absolute Gasteiger partial charge is 0.272 e. The van der Waals surface area contributed by atoms with E-state index >= 15 is 0 Å². The molecule has 7 heteroatoms. The minimum absolute atomic E-state index is 0.0728. The first-order chi connectivity index (χ1) is 11.3. The van der Waals surface area contributed by atoms with E-state index in [2.05, 4.69) is 10.1 Å². The average molecular weight is 344 g/mol. The van der Waals surface area contributed by atoms with Crippen LogP contribution in [0.5, 0.6) is 0 Å². The zero-order chi connectivity index (χ0) is 15.8. The van der Waals surface area contributed by atoms with Crippen molar-refractivity contribution in [3.8, 4) is 0 Å². The molecule has 3 heterocycles. The van der Waals surface area contributed by atoms with E-state index < -0.39 is 0 Å². The Kier molecular flexibility index (Phi) is 3.90. The van der Waals surface area contributed by atoms with Crippen molar-refractivity contribution in [2.24, 2.45) is 0 Å². The third kappa shape index (κ3) is 2.57. The van der Waals surface area contributed by atoms with E-state index in [0.717, 1.165) is 34.7 Å². The molecule has 3 aromatic rings. The maximum absolute atomic E-state index is 13.0. The number of hydrogen-bond acceptors (Lipinski definition) is 5. The monoisotopic (exact) mass is 344 g/mol. The molecule has 1 aromatic carbocycles. The predicted molar refractivity (Wildman–Crippen MR) is 94.4 cm³/mol. The Labute approximate surface area is 142 Å². The van der Waals surface area contributed by atoms with Crippen LogP contribution < -0.4 is 5.56 Å². The minimum atomic E-state index is 0.0728. The molecule has 23 heavy (non-hydrogen) atoms. The predicted octanol–water partition coefficient (Wildman–Crippen LogP) is 2.45. The van der Waals surface area contributed by atoms with Gasteiger partial charge in [0.05, 0.1) is 12.2 Å². The lowest BCUT2D eigenvalue weighted by Crippen LogP contribution is -2.31. The van der Waals surface area contributed by atoms with Gasteiger partial charge in [-0.15, -0.1) is 5.10 Å². The van der Waals surface area contributed by atoms with E-state index in [-0.39, 0.29) is 5.56 Å². The van der Waals surface area contributed by atoms with Crippen molar-refractivity contribution < 1.29 is 0 Å². The molecule has 0 bridgehead atoms. The molecule has 2 aromatic heterocycles. The van der Waals surface area contributed by atoms with Crippen molar-refractivity contribution in [1.29, 1.82) is 0 Å². The van der Waals surface area contributed by atoms with Gasteiger partial charge >= 0.3 is 0 Å². The van der Waals surface area contributed by atoms with Crippen molar-refractivity contribution >= 4 is 29.3 Å². The molecule has 0 saturated carbocycles. The van der Waals surface area contributed by atoms with Crippen molar-refractivity contribution in [2.45, 2.75) is 23.9 Å². The molecule has 1 aliphatic rings. The molecule has 0 spiro atoms. The molecule has 0 fully saturated rings. The van der Waals surface area contributed by atoms with E-state index in [4.69, 9.17) is 0 Å². The first-order valence-electron chi connectivity index (χ1n) is 7.45. The Morgan fingerprint density at radius 2 is 2.13 bits per heavy atom. The average Bonchev–Trinajstić information content (AvgIpc) is 3.04. The molecule has 0 aliphatic carbocycles. The van der Waals surface area contributed by atoms with Gasteiger partial charge in [0.1, 0.15) is 0 Å². The SMILES string of the molecule is CSc1nc2n(Cc3ccccc3)c(=O)c3c(n2n1)CCSC3. The van der Waals surface area contributed by atoms with Gasteiger partial charge in [0.2, 0.25) is 10.9 Å². The van der Waals surface area contributed by atoms with Crippen LogP contribution in [0.1, 0.15) is 16.8 Å². The summed E-state index contributed by atoms with van der Waals surface area (Å²) in [6.07, 6.45) is 2.83. The van der Waals surface area contributed by atoms with Crippen molar-refractivity contribution in [2.75, 3.05) is 12.0 Å². The van der Waals surface area contributed by atoms with Gasteiger partial charge in [0.25, 0.3) is 5.56 Å². The molecule has 4 rings (SSSR count). The highest BCUT2D eigenvalue weighted by Crippen LogP contribution is 2.23. The molecule has 118 valence electrons. The number of nitrogens with zero attached hydrogens (tertiary/aromatic N) is 4. The quantitative estimate of drug-likeness (QED) is 0.683. The van der Waals surface area contributed by atoms with Gasteiger partial charge in [-0.2, -0.15) is 16.7 Å². The zero-order valence-corrected chi connectivity index (χ0v) is 14.4. The molecule has 0 radical (unpaired) electrons. The molecule has 0 N–H and O–H groups in total. The van der Waals surface area contributed by atoms with Crippen molar-refractivity contribution in [3.63, 3.8) is 0 Å². The molecule has 1 aliphatic heterocycles. The molecular formula is C16H16N4OS2. The Morgan fingerprint density at radius 1 is 1.30 bits per heavy atom. The highest BCUT2D eigenvalue weighted by Gasteiger charge is 2.22. The number of fused-ring (bicyclic) bond motifs is 3. The number of benzene rings is 1. The number of rotatable bonds is 3. The molecule has 0 unspecified atom stereocenters. The van der Waals surface area contributed by atoms with Crippen LogP contribution in [0.25, 0.3) is 5.78 Å². The normalized spacial score (nSPS) is 14.1. The Hall–Kier alpha value is -1.73. The Bertz CT molecular complexity index is 917. The summed E-state index contributed by atoms with van der Waals surface area (Å²) in [6, 6.07) is 10.0. The second-order valence-electron chi connectivity index (χ2n) is 5.42. The van der Waals surface area contributed by atoms with Crippen LogP contribution >= 0.6 is 23.5 Å². The highest BCUT2D eigenvalue weighted by molar-refractivity contribution is 7.98. The fourth-order valence-electron chi connectivity index (χ4n) is 2.89. The summed E-state index contributed by atoms with van der Waals surface area (Å²) in [5.74, 6) is 2.43. The van der Waals surface area contributed by atoms with Crippen LogP contribution in [0.2, 0.25) is 0 Å². The standard InChI is InChI=1S/C16H16N4OS2/c1-22-15-17-16-19(9-11-5-3-2-4-6-11)14(21)12-10-23-8-7-13(12)20(16)18-15/h2-6H,7-10H2,1H3. The van der Waals surface area contributed by atoms with Gasteiger partial charge < -0.3 is 0 Å². The molecule has 0 atom stereocenters. The summed E-state index contributed by atoms with van der Waals surface area (Å²) in [7, 11) is 0. The van der Waals surface area contributed by atoms with Gasteiger partial charge in [-0.3, -0.25) is 9.36 Å². The lowest BCUT2D eigenvalue weighted by Gasteiger charge is -2.18. The van der Waals surface area contributed by atoms with Crippen LogP contribution in [0.15, 0.2) is 40.3 Å². The smallest absolute Gasteiger partial charge is 0.259 e. The number of aryl methyl sites for hydroxylation is 1. The van der Waals surface area contributed by atoms with Crippen LogP contribution in [0.3, 0.4) is 0 Å². The third-order valence-corrected chi connectivity index (χ3v) is 5.54. The molecule has 0 saturated heterocycles. The van der Waals surface area contributed by atoms with E-state index in [1.807, 2.05) is 52.9 Å². The van der Waals surface area contributed by atoms with E-state index in [1.165, 1.54) is 11.8 Å². The van der Waals surface area contributed by atoms with Gasteiger partial charge in [-0.25, -0.2) is 4.52 Å².